The number of allylic oxidation sites excluding steroid dienone is 1. The van der Waals surface area contributed by atoms with Gasteiger partial charge in [-0.15, -0.1) is 0 Å². The Labute approximate surface area is 105 Å². The third-order valence-corrected chi connectivity index (χ3v) is 2.83. The monoisotopic (exact) mass is 237 g/mol. The van der Waals surface area contributed by atoms with Gasteiger partial charge in [-0.3, -0.25) is 4.79 Å². The number of benzene rings is 1. The molecule has 4 nitrogen and oxygen atoms in total. The van der Waals surface area contributed by atoms with Gasteiger partial charge in [0, 0.05) is 18.7 Å². The Morgan fingerprint density at radius 3 is 2.39 bits per heavy atom. The number of rotatable bonds is 2. The minimum atomic E-state index is 0.0694. The Kier molecular flexibility index (Phi) is 3.41. The summed E-state index contributed by atoms with van der Waals surface area (Å²) in [7, 11) is 0. The second kappa shape index (κ2) is 5.16. The maximum absolute atomic E-state index is 11.6. The van der Waals surface area contributed by atoms with Gasteiger partial charge in [-0.1, -0.05) is 12.1 Å². The average Bonchev–Trinajstić information content (AvgIpc) is 2.83. The molecular formula is C14H11N3O. The van der Waals surface area contributed by atoms with E-state index >= 15 is 0 Å². The molecule has 0 aromatic heterocycles. The van der Waals surface area contributed by atoms with Crippen LogP contribution in [0.25, 0.3) is 6.08 Å². The van der Waals surface area contributed by atoms with Gasteiger partial charge in [0.05, 0.1) is 0 Å². The van der Waals surface area contributed by atoms with Crippen molar-refractivity contribution in [3.8, 4) is 12.1 Å². The molecule has 18 heavy (non-hydrogen) atoms. The van der Waals surface area contributed by atoms with Crippen molar-refractivity contribution in [1.29, 1.82) is 10.5 Å². The van der Waals surface area contributed by atoms with Gasteiger partial charge in [0.2, 0.25) is 5.91 Å². The summed E-state index contributed by atoms with van der Waals surface area (Å²) in [5.41, 5.74) is 1.72. The smallest absolute Gasteiger partial charge is 0.227 e. The van der Waals surface area contributed by atoms with Crippen molar-refractivity contribution in [3.63, 3.8) is 0 Å². The summed E-state index contributed by atoms with van der Waals surface area (Å²) < 4.78 is 0. The average molecular weight is 237 g/mol. The van der Waals surface area contributed by atoms with E-state index in [9.17, 15) is 4.79 Å². The van der Waals surface area contributed by atoms with E-state index in [1.165, 1.54) is 6.08 Å². The molecule has 1 aromatic carbocycles. The minimum absolute atomic E-state index is 0.0694. The van der Waals surface area contributed by atoms with Crippen LogP contribution in [0.2, 0.25) is 0 Å². The quantitative estimate of drug-likeness (QED) is 0.741. The first kappa shape index (κ1) is 11.9. The fraction of sp³-hybridized carbons (Fsp3) is 0.214. The number of hydrogen-bond donors (Lipinski definition) is 0. The fourth-order valence-electron chi connectivity index (χ4n) is 1.93. The van der Waals surface area contributed by atoms with Crippen molar-refractivity contribution < 1.29 is 4.79 Å². The molecule has 0 unspecified atom stereocenters. The molecule has 0 N–H and O–H groups in total. The standard InChI is InChI=1S/C14H11N3O/c15-9-12(10-16)8-11-3-5-13(6-4-11)17-7-1-2-14(17)18/h3-6,8H,1-2,7H2. The highest BCUT2D eigenvalue weighted by Gasteiger charge is 2.21. The molecule has 1 amide bonds. The maximum atomic E-state index is 11.6. The van der Waals surface area contributed by atoms with E-state index < -0.39 is 0 Å². The van der Waals surface area contributed by atoms with Crippen molar-refractivity contribution in [2.75, 3.05) is 11.4 Å². The summed E-state index contributed by atoms with van der Waals surface area (Å²) in [6.45, 7) is 0.760. The summed E-state index contributed by atoms with van der Waals surface area (Å²) in [5.74, 6) is 0.146. The molecule has 4 heteroatoms. The second-order valence-corrected chi connectivity index (χ2v) is 4.02. The molecule has 1 fully saturated rings. The van der Waals surface area contributed by atoms with Crippen molar-refractivity contribution in [2.24, 2.45) is 0 Å². The molecule has 88 valence electrons. The molecule has 0 saturated carbocycles. The van der Waals surface area contributed by atoms with Crippen LogP contribution in [-0.4, -0.2) is 12.5 Å². The Balaban J connectivity index is 2.21. The van der Waals surface area contributed by atoms with E-state index in [1.54, 1.807) is 17.0 Å². The van der Waals surface area contributed by atoms with Crippen LogP contribution in [0.15, 0.2) is 29.8 Å². The summed E-state index contributed by atoms with van der Waals surface area (Å²) in [5, 5.41) is 17.3. The van der Waals surface area contributed by atoms with Crippen molar-refractivity contribution in [2.45, 2.75) is 12.8 Å². The Morgan fingerprint density at radius 2 is 1.89 bits per heavy atom. The van der Waals surface area contributed by atoms with Crippen LogP contribution in [0.5, 0.6) is 0 Å². The van der Waals surface area contributed by atoms with Crippen molar-refractivity contribution >= 4 is 17.7 Å². The summed E-state index contributed by atoms with van der Waals surface area (Å²) >= 11 is 0. The second-order valence-electron chi connectivity index (χ2n) is 4.02. The molecular weight excluding hydrogens is 226 g/mol. The number of nitrogens with zero attached hydrogens (tertiary/aromatic N) is 3. The zero-order valence-corrected chi connectivity index (χ0v) is 9.76. The van der Waals surface area contributed by atoms with Crippen LogP contribution in [0.3, 0.4) is 0 Å². The molecule has 2 rings (SSSR count). The van der Waals surface area contributed by atoms with Gasteiger partial charge in [-0.2, -0.15) is 10.5 Å². The highest BCUT2D eigenvalue weighted by molar-refractivity contribution is 5.95. The topological polar surface area (TPSA) is 67.9 Å². The lowest BCUT2D eigenvalue weighted by Gasteiger charge is -2.15. The zero-order chi connectivity index (χ0) is 13.0. The molecule has 0 bridgehead atoms. The van der Waals surface area contributed by atoms with E-state index in [0.717, 1.165) is 24.2 Å². The van der Waals surface area contributed by atoms with Gasteiger partial charge in [-0.25, -0.2) is 0 Å². The molecule has 0 radical (unpaired) electrons. The Hall–Kier alpha value is -2.59. The van der Waals surface area contributed by atoms with Crippen molar-refractivity contribution in [1.82, 2.24) is 0 Å². The van der Waals surface area contributed by atoms with Gasteiger partial charge in [-0.05, 0) is 30.2 Å². The van der Waals surface area contributed by atoms with Gasteiger partial charge >= 0.3 is 0 Å². The van der Waals surface area contributed by atoms with Crippen LogP contribution < -0.4 is 4.90 Å². The van der Waals surface area contributed by atoms with E-state index in [4.69, 9.17) is 10.5 Å². The number of amides is 1. The van der Waals surface area contributed by atoms with Crippen LogP contribution in [-0.2, 0) is 4.79 Å². The molecule has 1 aliphatic rings. The van der Waals surface area contributed by atoms with Gasteiger partial charge in [0.1, 0.15) is 17.7 Å². The Morgan fingerprint density at radius 1 is 1.22 bits per heavy atom. The van der Waals surface area contributed by atoms with Crippen LogP contribution in [0.1, 0.15) is 18.4 Å². The number of carbonyl (C=O) groups excluding carboxylic acids is 1. The number of nitriles is 2. The molecule has 1 aromatic rings. The number of anilines is 1. The molecule has 0 aliphatic carbocycles. The minimum Gasteiger partial charge on any atom is -0.312 e. The summed E-state index contributed by atoms with van der Waals surface area (Å²) in [6, 6.07) is 10.9. The molecule has 1 aliphatic heterocycles. The van der Waals surface area contributed by atoms with E-state index in [-0.39, 0.29) is 11.5 Å². The highest BCUT2D eigenvalue weighted by atomic mass is 16.2. The normalized spacial score (nSPS) is 13.9. The van der Waals surface area contributed by atoms with Crippen molar-refractivity contribution in [3.05, 3.63) is 35.4 Å². The van der Waals surface area contributed by atoms with Gasteiger partial charge < -0.3 is 4.90 Å². The molecule has 1 heterocycles. The first-order chi connectivity index (χ1) is 8.74. The molecule has 0 atom stereocenters. The fourth-order valence-corrected chi connectivity index (χ4v) is 1.93. The summed E-state index contributed by atoms with van der Waals surface area (Å²) in [6.07, 6.45) is 3.03. The number of hydrogen-bond acceptors (Lipinski definition) is 3. The highest BCUT2D eigenvalue weighted by Crippen LogP contribution is 2.22. The lowest BCUT2D eigenvalue weighted by Crippen LogP contribution is -2.23. The predicted octanol–water partition coefficient (Wildman–Crippen LogP) is 2.24. The number of carbonyl (C=O) groups is 1. The summed E-state index contributed by atoms with van der Waals surface area (Å²) in [4.78, 5) is 13.3. The van der Waals surface area contributed by atoms with Crippen LogP contribution >= 0.6 is 0 Å². The van der Waals surface area contributed by atoms with E-state index in [2.05, 4.69) is 0 Å². The molecule has 0 spiro atoms. The SMILES string of the molecule is N#CC(C#N)=Cc1ccc(N2CCCC2=O)cc1. The van der Waals surface area contributed by atoms with E-state index in [1.807, 2.05) is 24.3 Å². The lowest BCUT2D eigenvalue weighted by molar-refractivity contribution is -0.117. The molecule has 1 saturated heterocycles. The Bertz CT molecular complexity index is 557. The maximum Gasteiger partial charge on any atom is 0.227 e. The lowest BCUT2D eigenvalue weighted by atomic mass is 10.1. The zero-order valence-electron chi connectivity index (χ0n) is 9.76. The van der Waals surface area contributed by atoms with Crippen LogP contribution in [0, 0.1) is 22.7 Å². The van der Waals surface area contributed by atoms with Gasteiger partial charge in [0.25, 0.3) is 0 Å². The first-order valence-corrected chi connectivity index (χ1v) is 5.67. The third-order valence-electron chi connectivity index (χ3n) is 2.83. The predicted molar refractivity (Wildman–Crippen MR) is 67.2 cm³/mol. The van der Waals surface area contributed by atoms with Crippen LogP contribution in [0.4, 0.5) is 5.69 Å². The first-order valence-electron chi connectivity index (χ1n) is 5.67. The van der Waals surface area contributed by atoms with Gasteiger partial charge in [0.15, 0.2) is 0 Å². The third kappa shape index (κ3) is 2.39. The van der Waals surface area contributed by atoms with E-state index in [0.29, 0.717) is 6.42 Å². The largest absolute Gasteiger partial charge is 0.312 e.